The normalized spacial score (nSPS) is 16.0. The number of nitrogens with one attached hydrogen (secondary N) is 1. The van der Waals surface area contributed by atoms with Crippen LogP contribution in [0.15, 0.2) is 53.4 Å². The molecule has 3 aromatic rings. The zero-order chi connectivity index (χ0) is 18.9. The second-order valence-electron chi connectivity index (χ2n) is 6.53. The molecule has 0 unspecified atom stereocenters. The zero-order valence-corrected chi connectivity index (χ0v) is 15.7. The molecule has 0 saturated carbocycles. The van der Waals surface area contributed by atoms with Crippen LogP contribution >= 0.6 is 0 Å². The van der Waals surface area contributed by atoms with E-state index in [-0.39, 0.29) is 5.75 Å². The Morgan fingerprint density at radius 1 is 1.26 bits per heavy atom. The van der Waals surface area contributed by atoms with Crippen molar-refractivity contribution < 1.29 is 8.42 Å². The Kier molecular flexibility index (Phi) is 4.72. The summed E-state index contributed by atoms with van der Waals surface area (Å²) in [6, 6.07) is 17.9. The number of benzene rings is 2. The van der Waals surface area contributed by atoms with E-state index in [0.717, 1.165) is 28.0 Å². The Balaban J connectivity index is 1.78. The summed E-state index contributed by atoms with van der Waals surface area (Å²) in [6.45, 7) is 2.06. The van der Waals surface area contributed by atoms with Crippen LogP contribution in [0.5, 0.6) is 0 Å². The molecule has 1 radical (unpaired) electrons. The number of hydrogen-bond donors (Lipinski definition) is 2. The fraction of sp³-hybridized carbons (Fsp3) is 0.250. The predicted octanol–water partition coefficient (Wildman–Crippen LogP) is 2.20. The number of anilines is 2. The first-order chi connectivity index (χ1) is 13.1. The molecule has 0 spiro atoms. The van der Waals surface area contributed by atoms with Crippen molar-refractivity contribution in [3.05, 3.63) is 60.2 Å². The average Bonchev–Trinajstić information content (AvgIpc) is 2.82. The van der Waals surface area contributed by atoms with Gasteiger partial charge < -0.3 is 16.0 Å². The lowest BCUT2D eigenvalue weighted by atomic mass is 10.1. The van der Waals surface area contributed by atoms with E-state index in [1.807, 2.05) is 41.3 Å². The van der Waals surface area contributed by atoms with E-state index in [1.54, 1.807) is 12.1 Å². The van der Waals surface area contributed by atoms with Gasteiger partial charge in [-0.3, -0.25) is 0 Å². The molecular formula is C20H21N4O2S. The lowest BCUT2D eigenvalue weighted by molar-refractivity contribution is 0.596. The summed E-state index contributed by atoms with van der Waals surface area (Å²) in [4.78, 5) is 7.21. The van der Waals surface area contributed by atoms with E-state index >= 15 is 0 Å². The monoisotopic (exact) mass is 381 g/mol. The number of nitrogens with two attached hydrogens (primary N) is 1. The first-order valence-electron chi connectivity index (χ1n) is 8.89. The van der Waals surface area contributed by atoms with E-state index in [4.69, 9.17) is 10.7 Å². The highest BCUT2D eigenvalue weighted by Gasteiger charge is 2.26. The zero-order valence-electron chi connectivity index (χ0n) is 14.9. The third-order valence-electron chi connectivity index (χ3n) is 4.72. The highest BCUT2D eigenvalue weighted by molar-refractivity contribution is 7.91. The number of rotatable bonds is 4. The van der Waals surface area contributed by atoms with Gasteiger partial charge in [0.1, 0.15) is 5.82 Å². The molecular weight excluding hydrogens is 360 g/mol. The minimum absolute atomic E-state index is 0.0673. The van der Waals surface area contributed by atoms with Crippen LogP contribution in [0, 0.1) is 6.07 Å². The molecule has 1 aliphatic heterocycles. The summed E-state index contributed by atoms with van der Waals surface area (Å²) in [6.07, 6.45) is 0. The van der Waals surface area contributed by atoms with Crippen molar-refractivity contribution in [2.75, 3.05) is 35.6 Å². The average molecular weight is 381 g/mol. The first-order valence-corrected chi connectivity index (χ1v) is 10.5. The number of pyridine rings is 1. The van der Waals surface area contributed by atoms with E-state index in [9.17, 15) is 8.42 Å². The van der Waals surface area contributed by atoms with Gasteiger partial charge in [0, 0.05) is 43.3 Å². The molecule has 0 atom stereocenters. The minimum Gasteiger partial charge on any atom is -0.383 e. The quantitative estimate of drug-likeness (QED) is 0.720. The third kappa shape index (κ3) is 3.48. The van der Waals surface area contributed by atoms with Gasteiger partial charge in [0.2, 0.25) is 0 Å². The molecule has 2 heterocycles. The summed E-state index contributed by atoms with van der Waals surface area (Å²) in [7, 11) is -3.29. The number of nitrogens with zero attached hydrogens (tertiary/aromatic N) is 2. The van der Waals surface area contributed by atoms with Gasteiger partial charge in [-0.1, -0.05) is 24.3 Å². The standard InChI is InChI=1S/C20H21N4O2S/c21-9-10-22-18-13-20(23-17-7-3-2-6-16(17)18)24-11-12-27(25,26)19-8-4-1-5-15(19)14-24/h1,3-8,13H,9-12,14,21H2,(H,22,23). The summed E-state index contributed by atoms with van der Waals surface area (Å²) < 4.78 is 25.2. The van der Waals surface area contributed by atoms with Crippen LogP contribution in [-0.4, -0.2) is 38.8 Å². The second kappa shape index (κ2) is 7.17. The SMILES string of the molecule is NCCNc1cc(N2CCS(=O)(=O)c3ccccc3C2)nc2cc[c]cc12. The number of fused-ring (bicyclic) bond motifs is 2. The molecule has 7 heteroatoms. The van der Waals surface area contributed by atoms with Crippen molar-refractivity contribution in [2.45, 2.75) is 11.4 Å². The molecule has 0 aliphatic carbocycles. The molecule has 0 amide bonds. The van der Waals surface area contributed by atoms with Crippen molar-refractivity contribution in [2.24, 2.45) is 5.73 Å². The van der Waals surface area contributed by atoms with Crippen LogP contribution in [0.4, 0.5) is 11.5 Å². The molecule has 0 saturated heterocycles. The Labute approximate surface area is 158 Å². The maximum Gasteiger partial charge on any atom is 0.180 e. The van der Waals surface area contributed by atoms with E-state index in [1.165, 1.54) is 0 Å². The van der Waals surface area contributed by atoms with Gasteiger partial charge in [-0.15, -0.1) is 0 Å². The van der Waals surface area contributed by atoms with Gasteiger partial charge in [0.05, 0.1) is 16.2 Å². The van der Waals surface area contributed by atoms with Crippen LogP contribution in [0.1, 0.15) is 5.56 Å². The molecule has 1 aromatic heterocycles. The molecule has 3 N–H and O–H groups in total. The molecule has 0 bridgehead atoms. The molecule has 4 rings (SSSR count). The smallest absolute Gasteiger partial charge is 0.180 e. The van der Waals surface area contributed by atoms with Crippen molar-refractivity contribution >= 4 is 32.2 Å². The van der Waals surface area contributed by atoms with Gasteiger partial charge >= 0.3 is 0 Å². The Hall–Kier alpha value is -2.64. The lowest BCUT2D eigenvalue weighted by Crippen LogP contribution is -2.26. The molecule has 139 valence electrons. The minimum atomic E-state index is -3.29. The summed E-state index contributed by atoms with van der Waals surface area (Å²) in [5, 5.41) is 4.31. The lowest BCUT2D eigenvalue weighted by Gasteiger charge is -2.23. The van der Waals surface area contributed by atoms with Gasteiger partial charge in [-0.2, -0.15) is 0 Å². The van der Waals surface area contributed by atoms with Crippen molar-refractivity contribution in [1.82, 2.24) is 4.98 Å². The maximum atomic E-state index is 12.6. The van der Waals surface area contributed by atoms with Crippen molar-refractivity contribution in [3.8, 4) is 0 Å². The van der Waals surface area contributed by atoms with Crippen molar-refractivity contribution in [1.29, 1.82) is 0 Å². The first kappa shape index (κ1) is 17.8. The number of sulfone groups is 1. The van der Waals surface area contributed by atoms with Crippen LogP contribution in [-0.2, 0) is 16.4 Å². The molecule has 27 heavy (non-hydrogen) atoms. The van der Waals surface area contributed by atoms with Gasteiger partial charge in [0.15, 0.2) is 9.84 Å². The Morgan fingerprint density at radius 2 is 2.11 bits per heavy atom. The van der Waals surface area contributed by atoms with Crippen LogP contribution < -0.4 is 16.0 Å². The summed E-state index contributed by atoms with van der Waals surface area (Å²) in [5.74, 6) is 0.817. The van der Waals surface area contributed by atoms with Crippen LogP contribution in [0.3, 0.4) is 0 Å². The number of aromatic nitrogens is 1. The fourth-order valence-electron chi connectivity index (χ4n) is 3.37. The predicted molar refractivity (Wildman–Crippen MR) is 108 cm³/mol. The second-order valence-corrected chi connectivity index (χ2v) is 8.61. The summed E-state index contributed by atoms with van der Waals surface area (Å²) in [5.41, 5.74) is 8.21. The highest BCUT2D eigenvalue weighted by Crippen LogP contribution is 2.30. The van der Waals surface area contributed by atoms with E-state index in [2.05, 4.69) is 11.4 Å². The van der Waals surface area contributed by atoms with Gasteiger partial charge in [-0.05, 0) is 29.8 Å². The van der Waals surface area contributed by atoms with Crippen LogP contribution in [0.2, 0.25) is 0 Å². The molecule has 1 aliphatic rings. The van der Waals surface area contributed by atoms with Gasteiger partial charge in [-0.25, -0.2) is 13.4 Å². The third-order valence-corrected chi connectivity index (χ3v) is 6.51. The van der Waals surface area contributed by atoms with Crippen molar-refractivity contribution in [3.63, 3.8) is 0 Å². The van der Waals surface area contributed by atoms with E-state index in [0.29, 0.717) is 31.1 Å². The molecule has 6 nitrogen and oxygen atoms in total. The summed E-state index contributed by atoms with van der Waals surface area (Å²) >= 11 is 0. The maximum absolute atomic E-state index is 12.6. The molecule has 0 fully saturated rings. The van der Waals surface area contributed by atoms with Crippen LogP contribution in [0.25, 0.3) is 10.9 Å². The number of hydrogen-bond acceptors (Lipinski definition) is 6. The highest BCUT2D eigenvalue weighted by atomic mass is 32.2. The van der Waals surface area contributed by atoms with Gasteiger partial charge in [0.25, 0.3) is 0 Å². The molecule has 2 aromatic carbocycles. The Morgan fingerprint density at radius 3 is 2.96 bits per heavy atom. The van der Waals surface area contributed by atoms with E-state index < -0.39 is 9.84 Å². The Bertz CT molecular complexity index is 1080. The topological polar surface area (TPSA) is 88.3 Å². The fourth-order valence-corrected chi connectivity index (χ4v) is 4.87. The largest absolute Gasteiger partial charge is 0.383 e.